The maximum atomic E-state index is 11.1. The smallest absolute Gasteiger partial charge is 0.303 e. The number of carboxylic acid groups (broad SMARTS) is 1. The molecule has 9 atom stereocenters. The van der Waals surface area contributed by atoms with Gasteiger partial charge in [-0.3, -0.25) is 4.79 Å². The Kier molecular flexibility index (Phi) is 5.00. The predicted octanol–water partition coefficient (Wildman–Crippen LogP) is 6.56. The van der Waals surface area contributed by atoms with Gasteiger partial charge in [0.15, 0.2) is 0 Å². The molecule has 0 heterocycles. The summed E-state index contributed by atoms with van der Waals surface area (Å²) in [6.45, 7) is 9.95. The van der Waals surface area contributed by atoms with Gasteiger partial charge in [-0.2, -0.15) is 0 Å². The van der Waals surface area contributed by atoms with E-state index < -0.39 is 5.97 Å². The van der Waals surface area contributed by atoms with Crippen LogP contribution in [0.2, 0.25) is 0 Å². The average Bonchev–Trinajstić information content (AvgIpc) is 2.97. The molecule has 152 valence electrons. The lowest BCUT2D eigenvalue weighted by Gasteiger charge is -2.59. The number of carboxylic acids is 1. The highest BCUT2D eigenvalue weighted by Crippen LogP contribution is 2.67. The summed E-state index contributed by atoms with van der Waals surface area (Å²) in [5.41, 5.74) is 0.953. The van der Waals surface area contributed by atoms with Crippen LogP contribution in [0.5, 0.6) is 0 Å². The van der Waals surface area contributed by atoms with Crippen molar-refractivity contribution in [3.63, 3.8) is 0 Å². The highest BCUT2D eigenvalue weighted by Gasteiger charge is 2.59. The third-order valence-corrected chi connectivity index (χ3v) is 10.00. The second-order valence-electron chi connectivity index (χ2n) is 11.3. The van der Waals surface area contributed by atoms with E-state index in [9.17, 15) is 4.79 Å². The molecule has 4 rings (SSSR count). The first kappa shape index (κ1) is 19.5. The van der Waals surface area contributed by atoms with Crippen LogP contribution in [-0.4, -0.2) is 11.1 Å². The molecule has 1 N–H and O–H groups in total. The SMILES string of the molecule is C[C@@H]1CC[C@@]2(C)C(C=CC3C2CC[C@@]2(C)C3CCC2[C@H](C)CCC(=O)O)C1. The third-order valence-electron chi connectivity index (χ3n) is 10.00. The van der Waals surface area contributed by atoms with Gasteiger partial charge in [-0.15, -0.1) is 0 Å². The number of hydrogen-bond donors (Lipinski definition) is 1. The first-order valence-corrected chi connectivity index (χ1v) is 11.7. The van der Waals surface area contributed by atoms with E-state index >= 15 is 0 Å². The second-order valence-corrected chi connectivity index (χ2v) is 11.3. The highest BCUT2D eigenvalue weighted by molar-refractivity contribution is 5.66. The Balaban J connectivity index is 1.55. The van der Waals surface area contributed by atoms with Gasteiger partial charge < -0.3 is 5.11 Å². The van der Waals surface area contributed by atoms with E-state index in [1.54, 1.807) is 0 Å². The summed E-state index contributed by atoms with van der Waals surface area (Å²) in [5, 5.41) is 9.10. The quantitative estimate of drug-likeness (QED) is 0.567. The van der Waals surface area contributed by atoms with Crippen molar-refractivity contribution in [2.75, 3.05) is 0 Å². The first-order valence-electron chi connectivity index (χ1n) is 11.7. The van der Waals surface area contributed by atoms with Crippen molar-refractivity contribution >= 4 is 5.97 Å². The molecule has 0 bridgehead atoms. The van der Waals surface area contributed by atoms with Gasteiger partial charge in [-0.1, -0.05) is 46.3 Å². The van der Waals surface area contributed by atoms with Crippen LogP contribution in [0.1, 0.15) is 85.5 Å². The summed E-state index contributed by atoms with van der Waals surface area (Å²) in [4.78, 5) is 11.1. The average molecular weight is 373 g/mol. The first-order chi connectivity index (χ1) is 12.8. The van der Waals surface area contributed by atoms with Crippen molar-refractivity contribution in [2.45, 2.75) is 85.5 Å². The summed E-state index contributed by atoms with van der Waals surface area (Å²) >= 11 is 0. The van der Waals surface area contributed by atoms with Gasteiger partial charge in [0.1, 0.15) is 0 Å². The Morgan fingerprint density at radius 3 is 2.52 bits per heavy atom. The Hall–Kier alpha value is -0.790. The molecule has 0 aromatic rings. The lowest BCUT2D eigenvalue weighted by atomic mass is 9.46. The maximum Gasteiger partial charge on any atom is 0.303 e. The van der Waals surface area contributed by atoms with Crippen LogP contribution in [0.25, 0.3) is 0 Å². The minimum Gasteiger partial charge on any atom is -0.481 e. The van der Waals surface area contributed by atoms with Gasteiger partial charge in [0.05, 0.1) is 0 Å². The number of aliphatic carboxylic acids is 1. The zero-order valence-corrected chi connectivity index (χ0v) is 17.9. The molecule has 0 aliphatic heterocycles. The molecule has 2 nitrogen and oxygen atoms in total. The molecule has 0 aromatic carbocycles. The fraction of sp³-hybridized carbons (Fsp3) is 0.880. The van der Waals surface area contributed by atoms with Gasteiger partial charge in [-0.25, -0.2) is 0 Å². The van der Waals surface area contributed by atoms with Crippen molar-refractivity contribution in [3.05, 3.63) is 12.2 Å². The molecule has 0 radical (unpaired) electrons. The zero-order valence-electron chi connectivity index (χ0n) is 17.9. The van der Waals surface area contributed by atoms with E-state index in [4.69, 9.17) is 5.11 Å². The number of rotatable bonds is 4. The molecular weight excluding hydrogens is 332 g/mol. The summed E-state index contributed by atoms with van der Waals surface area (Å²) in [6, 6.07) is 0. The van der Waals surface area contributed by atoms with Crippen molar-refractivity contribution in [1.82, 2.24) is 0 Å². The molecule has 3 fully saturated rings. The maximum absolute atomic E-state index is 11.1. The zero-order chi connectivity index (χ0) is 19.4. The van der Waals surface area contributed by atoms with E-state index in [-0.39, 0.29) is 0 Å². The van der Waals surface area contributed by atoms with Gasteiger partial charge >= 0.3 is 5.97 Å². The summed E-state index contributed by atoms with van der Waals surface area (Å²) in [7, 11) is 0. The summed E-state index contributed by atoms with van der Waals surface area (Å²) < 4.78 is 0. The molecular formula is C25H40O2. The van der Waals surface area contributed by atoms with Crippen LogP contribution < -0.4 is 0 Å². The van der Waals surface area contributed by atoms with Gasteiger partial charge in [-0.05, 0) is 97.2 Å². The number of hydrogen-bond acceptors (Lipinski definition) is 1. The number of allylic oxidation sites excluding steroid dienone is 2. The fourth-order valence-corrected chi connectivity index (χ4v) is 8.34. The molecule has 2 heteroatoms. The summed E-state index contributed by atoms with van der Waals surface area (Å²) in [5.74, 6) is 4.80. The molecule has 0 spiro atoms. The van der Waals surface area contributed by atoms with Crippen LogP contribution in [0.15, 0.2) is 12.2 Å². The van der Waals surface area contributed by atoms with Crippen molar-refractivity contribution in [3.8, 4) is 0 Å². The largest absolute Gasteiger partial charge is 0.481 e. The van der Waals surface area contributed by atoms with Gasteiger partial charge in [0, 0.05) is 6.42 Å². The third kappa shape index (κ3) is 3.10. The minimum absolute atomic E-state index is 0.336. The topological polar surface area (TPSA) is 37.3 Å². The Labute approximate surface area is 166 Å². The normalized spacial score (nSPS) is 49.8. The van der Waals surface area contributed by atoms with Crippen LogP contribution in [0.4, 0.5) is 0 Å². The molecule has 0 aromatic heterocycles. The molecule has 4 aliphatic carbocycles. The van der Waals surface area contributed by atoms with E-state index in [2.05, 4.69) is 39.8 Å². The molecule has 27 heavy (non-hydrogen) atoms. The van der Waals surface area contributed by atoms with Gasteiger partial charge in [0.2, 0.25) is 0 Å². The van der Waals surface area contributed by atoms with E-state index in [0.717, 1.165) is 36.0 Å². The number of carbonyl (C=O) groups is 1. The van der Waals surface area contributed by atoms with E-state index in [0.29, 0.717) is 29.1 Å². The van der Waals surface area contributed by atoms with Gasteiger partial charge in [0.25, 0.3) is 0 Å². The van der Waals surface area contributed by atoms with E-state index in [1.807, 2.05) is 0 Å². The Morgan fingerprint density at radius 1 is 1.07 bits per heavy atom. The molecule has 4 aliphatic rings. The molecule has 5 unspecified atom stereocenters. The van der Waals surface area contributed by atoms with Crippen LogP contribution in [-0.2, 0) is 4.79 Å². The Bertz CT molecular complexity index is 609. The molecule has 0 saturated heterocycles. The van der Waals surface area contributed by atoms with Crippen LogP contribution in [0, 0.1) is 52.3 Å². The van der Waals surface area contributed by atoms with E-state index in [1.165, 1.54) is 44.9 Å². The standard InChI is InChI=1S/C25H40O2/c1-16-11-13-24(3)18(15-16)6-7-19-21-9-8-20(17(2)5-10-23(26)27)25(21,4)14-12-22(19)24/h6-7,16-22H,5,8-15H2,1-4H3,(H,26,27)/t16-,17-,18?,19?,20?,21?,22?,24+,25-/m1/s1. The minimum atomic E-state index is -0.633. The lowest BCUT2D eigenvalue weighted by Crippen LogP contribution is -2.51. The molecule has 0 amide bonds. The lowest BCUT2D eigenvalue weighted by molar-refractivity contribution is -0.137. The predicted molar refractivity (Wildman–Crippen MR) is 110 cm³/mol. The Morgan fingerprint density at radius 2 is 1.78 bits per heavy atom. The second kappa shape index (κ2) is 6.92. The summed E-state index contributed by atoms with van der Waals surface area (Å²) in [6.07, 6.45) is 16.1. The van der Waals surface area contributed by atoms with Crippen LogP contribution >= 0.6 is 0 Å². The van der Waals surface area contributed by atoms with Crippen molar-refractivity contribution < 1.29 is 9.90 Å². The van der Waals surface area contributed by atoms with Crippen LogP contribution in [0.3, 0.4) is 0 Å². The van der Waals surface area contributed by atoms with Crippen molar-refractivity contribution in [1.29, 1.82) is 0 Å². The fourth-order valence-electron chi connectivity index (χ4n) is 8.34. The number of fused-ring (bicyclic) bond motifs is 5. The highest BCUT2D eigenvalue weighted by atomic mass is 16.4. The van der Waals surface area contributed by atoms with Crippen molar-refractivity contribution in [2.24, 2.45) is 52.3 Å². The molecule has 3 saturated carbocycles. The monoisotopic (exact) mass is 372 g/mol.